The van der Waals surface area contributed by atoms with Gasteiger partial charge in [0.15, 0.2) is 0 Å². The van der Waals surface area contributed by atoms with Crippen molar-refractivity contribution in [2.75, 3.05) is 26.7 Å². The second-order valence-electron chi connectivity index (χ2n) is 6.16. The van der Waals surface area contributed by atoms with E-state index in [9.17, 15) is 0 Å². The zero-order valence-electron chi connectivity index (χ0n) is 11.7. The number of nitrogens with zero attached hydrogens (tertiary/aromatic N) is 1. The molecule has 2 fully saturated rings. The summed E-state index contributed by atoms with van der Waals surface area (Å²) < 4.78 is 5.52. The fourth-order valence-electron chi connectivity index (χ4n) is 3.14. The number of ether oxygens (including phenoxy) is 1. The lowest BCUT2D eigenvalue weighted by molar-refractivity contribution is 0.00554. The van der Waals surface area contributed by atoms with Gasteiger partial charge in [0.1, 0.15) is 0 Å². The Hall–Kier alpha value is -0.120. The molecular weight excluding hydrogens is 212 g/mol. The molecule has 100 valence electrons. The monoisotopic (exact) mass is 240 g/mol. The summed E-state index contributed by atoms with van der Waals surface area (Å²) in [7, 11) is 1.82. The predicted octanol–water partition coefficient (Wildman–Crippen LogP) is 2.02. The smallest absolute Gasteiger partial charge is 0.0634 e. The first-order valence-corrected chi connectivity index (χ1v) is 7.15. The van der Waals surface area contributed by atoms with Crippen LogP contribution in [0.1, 0.15) is 46.0 Å². The number of methoxy groups -OCH3 is 1. The molecule has 0 aromatic carbocycles. The Labute approximate surface area is 106 Å². The van der Waals surface area contributed by atoms with Gasteiger partial charge >= 0.3 is 0 Å². The first kappa shape index (κ1) is 13.3. The zero-order valence-corrected chi connectivity index (χ0v) is 11.7. The van der Waals surface area contributed by atoms with Gasteiger partial charge in [-0.15, -0.1) is 0 Å². The molecule has 0 radical (unpaired) electrons. The summed E-state index contributed by atoms with van der Waals surface area (Å²) in [6, 6.07) is 1.54. The van der Waals surface area contributed by atoms with Crippen molar-refractivity contribution in [3.8, 4) is 0 Å². The van der Waals surface area contributed by atoms with Gasteiger partial charge in [-0.3, -0.25) is 4.90 Å². The molecule has 0 aromatic rings. The van der Waals surface area contributed by atoms with Crippen molar-refractivity contribution >= 4 is 0 Å². The minimum atomic E-state index is 0.0241. The maximum atomic E-state index is 5.52. The predicted molar refractivity (Wildman–Crippen MR) is 71.3 cm³/mol. The SMILES string of the molecule is COC(C)(C)CCN1CCCC1C1CCCN1. The van der Waals surface area contributed by atoms with E-state index >= 15 is 0 Å². The van der Waals surface area contributed by atoms with E-state index < -0.39 is 0 Å². The van der Waals surface area contributed by atoms with Crippen LogP contribution in [-0.4, -0.2) is 49.3 Å². The molecule has 2 aliphatic rings. The van der Waals surface area contributed by atoms with Crippen LogP contribution in [0.4, 0.5) is 0 Å². The highest BCUT2D eigenvalue weighted by Crippen LogP contribution is 2.26. The Balaban J connectivity index is 1.82. The largest absolute Gasteiger partial charge is 0.379 e. The molecule has 0 saturated carbocycles. The minimum Gasteiger partial charge on any atom is -0.379 e. The second-order valence-corrected chi connectivity index (χ2v) is 6.16. The first-order chi connectivity index (χ1) is 8.12. The number of nitrogens with one attached hydrogen (secondary N) is 1. The van der Waals surface area contributed by atoms with Crippen molar-refractivity contribution in [3.05, 3.63) is 0 Å². The standard InChI is InChI=1S/C14H28N2O/c1-14(2,17-3)8-11-16-10-5-7-13(16)12-6-4-9-15-12/h12-13,15H,4-11H2,1-3H3. The van der Waals surface area contributed by atoms with Gasteiger partial charge in [0.05, 0.1) is 5.60 Å². The summed E-state index contributed by atoms with van der Waals surface area (Å²) in [5.41, 5.74) is 0.0241. The molecule has 2 atom stereocenters. The normalized spacial score (nSPS) is 31.2. The third-order valence-electron chi connectivity index (χ3n) is 4.53. The van der Waals surface area contributed by atoms with Crippen molar-refractivity contribution in [3.63, 3.8) is 0 Å². The Kier molecular flexibility index (Phi) is 4.45. The lowest BCUT2D eigenvalue weighted by Gasteiger charge is -2.32. The van der Waals surface area contributed by atoms with Crippen LogP contribution in [0.15, 0.2) is 0 Å². The van der Waals surface area contributed by atoms with Crippen LogP contribution in [0, 0.1) is 0 Å². The number of hydrogen-bond donors (Lipinski definition) is 1. The third-order valence-corrected chi connectivity index (χ3v) is 4.53. The zero-order chi connectivity index (χ0) is 12.3. The molecule has 0 spiro atoms. The molecule has 2 unspecified atom stereocenters. The van der Waals surface area contributed by atoms with E-state index in [0.717, 1.165) is 18.5 Å². The van der Waals surface area contributed by atoms with Gasteiger partial charge in [-0.1, -0.05) is 0 Å². The van der Waals surface area contributed by atoms with Crippen LogP contribution in [0.5, 0.6) is 0 Å². The van der Waals surface area contributed by atoms with Crippen molar-refractivity contribution in [2.24, 2.45) is 0 Å². The van der Waals surface area contributed by atoms with Gasteiger partial charge in [-0.2, -0.15) is 0 Å². The van der Waals surface area contributed by atoms with Gasteiger partial charge in [0.2, 0.25) is 0 Å². The molecule has 3 nitrogen and oxygen atoms in total. The van der Waals surface area contributed by atoms with Crippen LogP contribution in [-0.2, 0) is 4.74 Å². The van der Waals surface area contributed by atoms with Crippen LogP contribution >= 0.6 is 0 Å². The van der Waals surface area contributed by atoms with Gasteiger partial charge < -0.3 is 10.1 Å². The first-order valence-electron chi connectivity index (χ1n) is 7.15. The molecule has 3 heteroatoms. The summed E-state index contributed by atoms with van der Waals surface area (Å²) in [4.78, 5) is 2.68. The van der Waals surface area contributed by atoms with Crippen LogP contribution < -0.4 is 5.32 Å². The van der Waals surface area contributed by atoms with Gasteiger partial charge in [-0.25, -0.2) is 0 Å². The molecule has 17 heavy (non-hydrogen) atoms. The van der Waals surface area contributed by atoms with E-state index in [1.807, 2.05) is 7.11 Å². The Morgan fingerprint density at radius 3 is 2.76 bits per heavy atom. The number of rotatable bonds is 5. The molecule has 2 saturated heterocycles. The van der Waals surface area contributed by atoms with Gasteiger partial charge in [0, 0.05) is 25.7 Å². The highest BCUT2D eigenvalue weighted by Gasteiger charge is 2.33. The van der Waals surface area contributed by atoms with Gasteiger partial charge in [-0.05, 0) is 59.0 Å². The van der Waals surface area contributed by atoms with E-state index in [-0.39, 0.29) is 5.60 Å². The van der Waals surface area contributed by atoms with Crippen molar-refractivity contribution < 1.29 is 4.74 Å². The summed E-state index contributed by atoms with van der Waals surface area (Å²) in [5.74, 6) is 0. The summed E-state index contributed by atoms with van der Waals surface area (Å²) in [6.07, 6.45) is 6.61. The molecule has 0 bridgehead atoms. The molecule has 0 amide bonds. The molecule has 2 rings (SSSR count). The van der Waals surface area contributed by atoms with Crippen molar-refractivity contribution in [2.45, 2.75) is 63.6 Å². The van der Waals surface area contributed by atoms with Crippen LogP contribution in [0.2, 0.25) is 0 Å². The Morgan fingerprint density at radius 1 is 1.29 bits per heavy atom. The van der Waals surface area contributed by atoms with Crippen molar-refractivity contribution in [1.82, 2.24) is 10.2 Å². The molecule has 2 aliphatic heterocycles. The fraction of sp³-hybridized carbons (Fsp3) is 1.00. The lowest BCUT2D eigenvalue weighted by Crippen LogP contribution is -2.45. The summed E-state index contributed by atoms with van der Waals surface area (Å²) in [5, 5.41) is 3.67. The van der Waals surface area contributed by atoms with E-state index in [4.69, 9.17) is 4.74 Å². The average molecular weight is 240 g/mol. The summed E-state index contributed by atoms with van der Waals surface area (Å²) in [6.45, 7) is 8.06. The van der Waals surface area contributed by atoms with Crippen molar-refractivity contribution in [1.29, 1.82) is 0 Å². The number of hydrogen-bond acceptors (Lipinski definition) is 3. The average Bonchev–Trinajstić information content (AvgIpc) is 2.96. The van der Waals surface area contributed by atoms with Crippen LogP contribution in [0.25, 0.3) is 0 Å². The van der Waals surface area contributed by atoms with E-state index in [1.54, 1.807) is 0 Å². The third kappa shape index (κ3) is 3.43. The molecule has 2 heterocycles. The Morgan fingerprint density at radius 2 is 2.12 bits per heavy atom. The topological polar surface area (TPSA) is 24.5 Å². The molecular formula is C14H28N2O. The van der Waals surface area contributed by atoms with E-state index in [2.05, 4.69) is 24.1 Å². The Bertz CT molecular complexity index is 236. The van der Waals surface area contributed by atoms with Crippen LogP contribution in [0.3, 0.4) is 0 Å². The quantitative estimate of drug-likeness (QED) is 0.795. The van der Waals surface area contributed by atoms with E-state index in [1.165, 1.54) is 45.3 Å². The van der Waals surface area contributed by atoms with E-state index in [0.29, 0.717) is 0 Å². The minimum absolute atomic E-state index is 0.0241. The molecule has 0 aromatic heterocycles. The number of likely N-dealkylation sites (tertiary alicyclic amines) is 1. The lowest BCUT2D eigenvalue weighted by atomic mass is 10.0. The highest BCUT2D eigenvalue weighted by atomic mass is 16.5. The fourth-order valence-corrected chi connectivity index (χ4v) is 3.14. The molecule has 0 aliphatic carbocycles. The van der Waals surface area contributed by atoms with Gasteiger partial charge in [0.25, 0.3) is 0 Å². The second kappa shape index (κ2) is 5.68. The highest BCUT2D eigenvalue weighted by molar-refractivity contribution is 4.92. The summed E-state index contributed by atoms with van der Waals surface area (Å²) >= 11 is 0. The molecule has 1 N–H and O–H groups in total. The maximum absolute atomic E-state index is 5.52. The maximum Gasteiger partial charge on any atom is 0.0634 e.